The summed E-state index contributed by atoms with van der Waals surface area (Å²) in [5.41, 5.74) is 5.52. The number of hydrogen-bond acceptors (Lipinski definition) is 3. The highest BCUT2D eigenvalue weighted by Gasteiger charge is 2.23. The highest BCUT2D eigenvalue weighted by Crippen LogP contribution is 2.24. The Morgan fingerprint density at radius 2 is 1.80 bits per heavy atom. The SMILES string of the molecule is CN(CCCCC(C)(C)C(N)=NO)C1CCCCCC1. The van der Waals surface area contributed by atoms with Gasteiger partial charge in [-0.2, -0.15) is 0 Å². The molecule has 20 heavy (non-hydrogen) atoms. The number of amidine groups is 1. The topological polar surface area (TPSA) is 61.8 Å². The molecule has 0 spiro atoms. The number of nitrogens with zero attached hydrogens (tertiary/aromatic N) is 2. The lowest BCUT2D eigenvalue weighted by Crippen LogP contribution is -2.33. The molecule has 0 atom stereocenters. The van der Waals surface area contributed by atoms with Crippen molar-refractivity contribution in [2.75, 3.05) is 13.6 Å². The number of oxime groups is 1. The molecule has 0 aliphatic heterocycles. The van der Waals surface area contributed by atoms with Crippen molar-refractivity contribution in [3.8, 4) is 0 Å². The van der Waals surface area contributed by atoms with Gasteiger partial charge in [-0.3, -0.25) is 0 Å². The Morgan fingerprint density at radius 3 is 2.35 bits per heavy atom. The zero-order valence-corrected chi connectivity index (χ0v) is 13.6. The lowest BCUT2D eigenvalue weighted by atomic mass is 9.86. The van der Waals surface area contributed by atoms with Crippen LogP contribution in [-0.4, -0.2) is 35.6 Å². The largest absolute Gasteiger partial charge is 0.409 e. The van der Waals surface area contributed by atoms with Gasteiger partial charge in [0.15, 0.2) is 0 Å². The van der Waals surface area contributed by atoms with Gasteiger partial charge in [-0.15, -0.1) is 0 Å². The van der Waals surface area contributed by atoms with Crippen molar-refractivity contribution in [3.05, 3.63) is 0 Å². The third-order valence-corrected chi connectivity index (χ3v) is 4.81. The van der Waals surface area contributed by atoms with Crippen LogP contribution in [0.2, 0.25) is 0 Å². The summed E-state index contributed by atoms with van der Waals surface area (Å²) >= 11 is 0. The van der Waals surface area contributed by atoms with E-state index in [0.717, 1.165) is 25.4 Å². The van der Waals surface area contributed by atoms with E-state index in [0.29, 0.717) is 5.84 Å². The van der Waals surface area contributed by atoms with E-state index < -0.39 is 0 Å². The Morgan fingerprint density at radius 1 is 1.20 bits per heavy atom. The van der Waals surface area contributed by atoms with Crippen LogP contribution in [0.15, 0.2) is 5.16 Å². The standard InChI is InChI=1S/C16H33N3O/c1-16(2,15(17)18-20)12-8-9-13-19(3)14-10-6-4-5-7-11-14/h14,20H,4-13H2,1-3H3,(H2,17,18). The fourth-order valence-electron chi connectivity index (χ4n) is 3.07. The number of rotatable bonds is 7. The molecule has 0 aromatic rings. The first kappa shape index (κ1) is 17.3. The van der Waals surface area contributed by atoms with Gasteiger partial charge in [-0.05, 0) is 39.3 Å². The Bertz CT molecular complexity index is 294. The minimum atomic E-state index is -0.199. The van der Waals surface area contributed by atoms with Crippen molar-refractivity contribution in [2.45, 2.75) is 77.7 Å². The molecule has 1 aliphatic carbocycles. The molecule has 0 aromatic carbocycles. The van der Waals surface area contributed by atoms with Crippen LogP contribution in [0.4, 0.5) is 0 Å². The van der Waals surface area contributed by atoms with Crippen molar-refractivity contribution in [1.82, 2.24) is 4.90 Å². The summed E-state index contributed by atoms with van der Waals surface area (Å²) in [6.07, 6.45) is 11.6. The quantitative estimate of drug-likeness (QED) is 0.187. The maximum Gasteiger partial charge on any atom is 0.144 e. The van der Waals surface area contributed by atoms with Crippen molar-refractivity contribution >= 4 is 5.84 Å². The fourth-order valence-corrected chi connectivity index (χ4v) is 3.07. The van der Waals surface area contributed by atoms with E-state index in [1.165, 1.54) is 44.9 Å². The zero-order valence-electron chi connectivity index (χ0n) is 13.6. The smallest absolute Gasteiger partial charge is 0.144 e. The molecule has 0 bridgehead atoms. The minimum Gasteiger partial charge on any atom is -0.409 e. The van der Waals surface area contributed by atoms with E-state index >= 15 is 0 Å². The fraction of sp³-hybridized carbons (Fsp3) is 0.938. The monoisotopic (exact) mass is 283 g/mol. The Labute approximate surface area is 124 Å². The first-order chi connectivity index (χ1) is 9.47. The summed E-state index contributed by atoms with van der Waals surface area (Å²) in [7, 11) is 2.27. The molecule has 1 saturated carbocycles. The van der Waals surface area contributed by atoms with Gasteiger partial charge < -0.3 is 15.8 Å². The Kier molecular flexibility index (Phi) is 7.35. The van der Waals surface area contributed by atoms with Crippen molar-refractivity contribution in [3.63, 3.8) is 0 Å². The lowest BCUT2D eigenvalue weighted by molar-refractivity contribution is 0.214. The van der Waals surface area contributed by atoms with Crippen LogP contribution in [0.25, 0.3) is 0 Å². The predicted octanol–water partition coefficient (Wildman–Crippen LogP) is 3.58. The van der Waals surface area contributed by atoms with E-state index in [1.807, 2.05) is 13.8 Å². The summed E-state index contributed by atoms with van der Waals surface area (Å²) in [4.78, 5) is 2.54. The van der Waals surface area contributed by atoms with Gasteiger partial charge in [0.1, 0.15) is 5.84 Å². The minimum absolute atomic E-state index is 0.199. The summed E-state index contributed by atoms with van der Waals surface area (Å²) < 4.78 is 0. The van der Waals surface area contributed by atoms with Crippen LogP contribution in [-0.2, 0) is 0 Å². The van der Waals surface area contributed by atoms with Crippen LogP contribution in [0.5, 0.6) is 0 Å². The maximum absolute atomic E-state index is 8.77. The third kappa shape index (κ3) is 5.70. The van der Waals surface area contributed by atoms with E-state index in [1.54, 1.807) is 0 Å². The van der Waals surface area contributed by atoms with E-state index in [-0.39, 0.29) is 5.41 Å². The zero-order chi connectivity index (χ0) is 15.0. The van der Waals surface area contributed by atoms with Crippen LogP contribution in [0, 0.1) is 5.41 Å². The highest BCUT2D eigenvalue weighted by atomic mass is 16.4. The number of hydrogen-bond donors (Lipinski definition) is 2. The van der Waals surface area contributed by atoms with Crippen LogP contribution in [0.3, 0.4) is 0 Å². The van der Waals surface area contributed by atoms with E-state index in [4.69, 9.17) is 10.9 Å². The molecule has 1 aliphatic rings. The summed E-state index contributed by atoms with van der Waals surface area (Å²) in [5.74, 6) is 0.342. The first-order valence-electron chi connectivity index (χ1n) is 8.15. The van der Waals surface area contributed by atoms with Gasteiger partial charge in [-0.1, -0.05) is 51.1 Å². The van der Waals surface area contributed by atoms with Gasteiger partial charge in [-0.25, -0.2) is 0 Å². The summed E-state index contributed by atoms with van der Waals surface area (Å²) in [6.45, 7) is 5.24. The molecule has 4 heteroatoms. The molecular weight excluding hydrogens is 250 g/mol. The summed E-state index contributed by atoms with van der Waals surface area (Å²) in [6, 6.07) is 0.787. The Balaban J connectivity index is 2.23. The second kappa shape index (κ2) is 8.50. The van der Waals surface area contributed by atoms with Gasteiger partial charge in [0.25, 0.3) is 0 Å². The van der Waals surface area contributed by atoms with Gasteiger partial charge >= 0.3 is 0 Å². The van der Waals surface area contributed by atoms with E-state index in [2.05, 4.69) is 17.1 Å². The number of unbranched alkanes of at least 4 members (excludes halogenated alkanes) is 1. The van der Waals surface area contributed by atoms with Crippen LogP contribution >= 0.6 is 0 Å². The second-order valence-electron chi connectivity index (χ2n) is 6.95. The van der Waals surface area contributed by atoms with Crippen molar-refractivity contribution in [2.24, 2.45) is 16.3 Å². The average molecular weight is 283 g/mol. The second-order valence-corrected chi connectivity index (χ2v) is 6.95. The van der Waals surface area contributed by atoms with Gasteiger partial charge in [0, 0.05) is 11.5 Å². The molecule has 0 saturated heterocycles. The molecule has 1 rings (SSSR count). The molecule has 0 unspecified atom stereocenters. The predicted molar refractivity (Wildman–Crippen MR) is 85.2 cm³/mol. The summed E-state index contributed by atoms with van der Waals surface area (Å²) in [5, 5.41) is 11.9. The molecule has 0 radical (unpaired) electrons. The Hall–Kier alpha value is -0.770. The molecule has 118 valence electrons. The van der Waals surface area contributed by atoms with Gasteiger partial charge in [0.2, 0.25) is 0 Å². The third-order valence-electron chi connectivity index (χ3n) is 4.81. The van der Waals surface area contributed by atoms with E-state index in [9.17, 15) is 0 Å². The average Bonchev–Trinajstić information content (AvgIpc) is 2.71. The van der Waals surface area contributed by atoms with Gasteiger partial charge in [0.05, 0.1) is 0 Å². The highest BCUT2D eigenvalue weighted by molar-refractivity contribution is 5.85. The number of nitrogens with two attached hydrogens (primary N) is 1. The molecule has 3 N–H and O–H groups in total. The molecular formula is C16H33N3O. The molecule has 1 fully saturated rings. The molecule has 4 nitrogen and oxygen atoms in total. The van der Waals surface area contributed by atoms with Crippen molar-refractivity contribution < 1.29 is 5.21 Å². The lowest BCUT2D eigenvalue weighted by Gasteiger charge is -2.28. The molecule has 0 amide bonds. The van der Waals surface area contributed by atoms with Crippen molar-refractivity contribution in [1.29, 1.82) is 0 Å². The van der Waals surface area contributed by atoms with Crippen LogP contribution < -0.4 is 5.73 Å². The van der Waals surface area contributed by atoms with Crippen LogP contribution in [0.1, 0.15) is 71.6 Å². The normalized spacial score (nSPS) is 19.3. The molecule has 0 aromatic heterocycles. The maximum atomic E-state index is 8.77. The first-order valence-corrected chi connectivity index (χ1v) is 8.15. The molecule has 0 heterocycles.